The molecule has 0 unspecified atom stereocenters. The van der Waals surface area contributed by atoms with Gasteiger partial charge in [0.15, 0.2) is 0 Å². The van der Waals surface area contributed by atoms with Gasteiger partial charge >= 0.3 is 10.8 Å². The Hall–Kier alpha value is -1.63. The number of thiazole rings is 1. The molecule has 0 aliphatic rings. The highest BCUT2D eigenvalue weighted by molar-refractivity contribution is 7.07. The number of nitrogens with one attached hydrogen (secondary N) is 1. The molecule has 6 nitrogen and oxygen atoms in total. The highest BCUT2D eigenvalue weighted by atomic mass is 32.1. The molecule has 0 aliphatic heterocycles. The average Bonchev–Trinajstić information content (AvgIpc) is 2.57. The molecule has 0 saturated carbocycles. The second-order valence-electron chi connectivity index (χ2n) is 5.05. The van der Waals surface area contributed by atoms with Crippen molar-refractivity contribution in [2.75, 3.05) is 0 Å². The number of hydrogen-bond donors (Lipinski definition) is 2. The molecule has 0 saturated heterocycles. The van der Waals surface area contributed by atoms with Gasteiger partial charge in [0.1, 0.15) is 6.54 Å². The number of nitrogens with zero attached hydrogens (tertiary/aromatic N) is 1. The zero-order valence-corrected chi connectivity index (χ0v) is 12.0. The van der Waals surface area contributed by atoms with E-state index < -0.39 is 11.5 Å². The van der Waals surface area contributed by atoms with Crippen LogP contribution < -0.4 is 10.2 Å². The van der Waals surface area contributed by atoms with Crippen molar-refractivity contribution >= 4 is 23.2 Å². The van der Waals surface area contributed by atoms with Crippen LogP contribution in [-0.2, 0) is 16.1 Å². The number of amides is 1. The Bertz CT molecular complexity index is 530. The first-order valence-electron chi connectivity index (χ1n) is 5.89. The van der Waals surface area contributed by atoms with Crippen molar-refractivity contribution in [1.29, 1.82) is 0 Å². The topological polar surface area (TPSA) is 88.4 Å². The van der Waals surface area contributed by atoms with E-state index in [1.807, 2.05) is 0 Å². The van der Waals surface area contributed by atoms with Crippen molar-refractivity contribution < 1.29 is 14.7 Å². The fourth-order valence-electron chi connectivity index (χ4n) is 1.64. The van der Waals surface area contributed by atoms with E-state index in [-0.39, 0.29) is 23.7 Å². The maximum absolute atomic E-state index is 11.9. The van der Waals surface area contributed by atoms with Gasteiger partial charge in [0.25, 0.3) is 0 Å². The number of rotatable bonds is 6. The molecule has 19 heavy (non-hydrogen) atoms. The average molecular weight is 286 g/mol. The molecule has 0 radical (unpaired) electrons. The van der Waals surface area contributed by atoms with Gasteiger partial charge in [-0.1, -0.05) is 11.3 Å². The lowest BCUT2D eigenvalue weighted by Gasteiger charge is -2.25. The van der Waals surface area contributed by atoms with Gasteiger partial charge < -0.3 is 10.4 Å². The van der Waals surface area contributed by atoms with E-state index in [4.69, 9.17) is 5.11 Å². The van der Waals surface area contributed by atoms with Crippen molar-refractivity contribution in [2.24, 2.45) is 0 Å². The fourth-order valence-corrected chi connectivity index (χ4v) is 2.37. The quantitative estimate of drug-likeness (QED) is 0.816. The number of carboxylic acid groups (broad SMARTS) is 1. The lowest BCUT2D eigenvalue weighted by atomic mass is 9.98. The Kier molecular flexibility index (Phi) is 4.88. The molecule has 0 aromatic carbocycles. The molecule has 1 rings (SSSR count). The first-order valence-corrected chi connectivity index (χ1v) is 6.77. The van der Waals surface area contributed by atoms with Gasteiger partial charge in [0.05, 0.1) is 0 Å². The van der Waals surface area contributed by atoms with E-state index in [9.17, 15) is 14.4 Å². The lowest BCUT2D eigenvalue weighted by Crippen LogP contribution is -2.45. The van der Waals surface area contributed by atoms with E-state index in [1.165, 1.54) is 4.57 Å². The summed E-state index contributed by atoms with van der Waals surface area (Å²) in [7, 11) is 0. The Morgan fingerprint density at radius 1 is 1.47 bits per heavy atom. The summed E-state index contributed by atoms with van der Waals surface area (Å²) in [5.74, 6) is -1.19. The summed E-state index contributed by atoms with van der Waals surface area (Å²) in [6.07, 6.45) is 0.330. The summed E-state index contributed by atoms with van der Waals surface area (Å²) in [4.78, 5) is 33.7. The van der Waals surface area contributed by atoms with Crippen LogP contribution in [0.1, 0.15) is 32.4 Å². The Morgan fingerprint density at radius 2 is 2.11 bits per heavy atom. The third kappa shape index (κ3) is 4.86. The first-order chi connectivity index (χ1) is 8.71. The van der Waals surface area contributed by atoms with Crippen LogP contribution >= 0.6 is 11.3 Å². The minimum Gasteiger partial charge on any atom is -0.481 e. The molecule has 2 N–H and O–H groups in total. The SMILES string of the molecule is Cc1csc(=O)n1CC(=O)NC(C)(C)CCC(=O)O. The molecule has 0 bridgehead atoms. The molecule has 7 heteroatoms. The highest BCUT2D eigenvalue weighted by Crippen LogP contribution is 2.11. The smallest absolute Gasteiger partial charge is 0.307 e. The van der Waals surface area contributed by atoms with Gasteiger partial charge in [-0.25, -0.2) is 0 Å². The molecule has 1 aromatic heterocycles. The Morgan fingerprint density at radius 3 is 2.58 bits per heavy atom. The minimum absolute atomic E-state index is 0.00922. The number of carbonyl (C=O) groups is 2. The largest absolute Gasteiger partial charge is 0.481 e. The summed E-state index contributed by atoms with van der Waals surface area (Å²) >= 11 is 1.05. The predicted molar refractivity (Wildman–Crippen MR) is 72.4 cm³/mol. The van der Waals surface area contributed by atoms with Crippen LogP contribution in [0.25, 0.3) is 0 Å². The third-order valence-electron chi connectivity index (χ3n) is 2.72. The van der Waals surface area contributed by atoms with E-state index in [1.54, 1.807) is 26.2 Å². The van der Waals surface area contributed by atoms with Crippen LogP contribution in [0, 0.1) is 6.92 Å². The number of carboxylic acids is 1. The number of aromatic nitrogens is 1. The van der Waals surface area contributed by atoms with Gasteiger partial charge in [-0.05, 0) is 27.2 Å². The van der Waals surface area contributed by atoms with Gasteiger partial charge in [-0.3, -0.25) is 19.0 Å². The van der Waals surface area contributed by atoms with Crippen molar-refractivity contribution in [3.63, 3.8) is 0 Å². The standard InChI is InChI=1S/C12H18N2O4S/c1-8-7-19-11(18)14(8)6-9(15)13-12(2,3)5-4-10(16)17/h7H,4-6H2,1-3H3,(H,13,15)(H,16,17). The molecule has 0 fully saturated rings. The summed E-state index contributed by atoms with van der Waals surface area (Å²) in [5, 5.41) is 13.1. The molecular weight excluding hydrogens is 268 g/mol. The third-order valence-corrected chi connectivity index (χ3v) is 3.60. The highest BCUT2D eigenvalue weighted by Gasteiger charge is 2.22. The summed E-state index contributed by atoms with van der Waals surface area (Å²) in [5.41, 5.74) is 0.136. The first kappa shape index (κ1) is 15.4. The van der Waals surface area contributed by atoms with Crippen LogP contribution in [0.15, 0.2) is 10.2 Å². The second kappa shape index (κ2) is 6.01. The summed E-state index contributed by atoms with van der Waals surface area (Å²) in [6.45, 7) is 5.25. The summed E-state index contributed by atoms with van der Waals surface area (Å²) < 4.78 is 1.40. The molecule has 0 aliphatic carbocycles. The van der Waals surface area contributed by atoms with Crippen molar-refractivity contribution in [1.82, 2.24) is 9.88 Å². The van der Waals surface area contributed by atoms with Crippen molar-refractivity contribution in [2.45, 2.75) is 45.7 Å². The number of aliphatic carboxylic acids is 1. The fraction of sp³-hybridized carbons (Fsp3) is 0.583. The molecular formula is C12H18N2O4S. The van der Waals surface area contributed by atoms with Crippen molar-refractivity contribution in [3.05, 3.63) is 20.7 Å². The monoisotopic (exact) mass is 286 g/mol. The van der Waals surface area contributed by atoms with Crippen LogP contribution in [-0.4, -0.2) is 27.1 Å². The zero-order valence-electron chi connectivity index (χ0n) is 11.2. The second-order valence-corrected chi connectivity index (χ2v) is 5.88. The Labute approximate surface area is 115 Å². The lowest BCUT2D eigenvalue weighted by molar-refractivity contribution is -0.137. The number of hydrogen-bond acceptors (Lipinski definition) is 4. The Balaban J connectivity index is 2.60. The van der Waals surface area contributed by atoms with Gasteiger partial charge in [-0.15, -0.1) is 0 Å². The molecule has 1 aromatic rings. The molecule has 1 amide bonds. The maximum atomic E-state index is 11.9. The van der Waals surface area contributed by atoms with E-state index in [2.05, 4.69) is 5.32 Å². The van der Waals surface area contributed by atoms with Crippen LogP contribution in [0.3, 0.4) is 0 Å². The van der Waals surface area contributed by atoms with Gasteiger partial charge in [0.2, 0.25) is 5.91 Å². The zero-order chi connectivity index (χ0) is 14.6. The van der Waals surface area contributed by atoms with E-state index >= 15 is 0 Å². The molecule has 0 spiro atoms. The molecule has 0 atom stereocenters. The van der Waals surface area contributed by atoms with Crippen LogP contribution in [0.5, 0.6) is 0 Å². The summed E-state index contributed by atoms with van der Waals surface area (Å²) in [6, 6.07) is 0. The normalized spacial score (nSPS) is 11.3. The van der Waals surface area contributed by atoms with E-state index in [0.29, 0.717) is 6.42 Å². The predicted octanol–water partition coefficient (Wildman–Crippen LogP) is 0.978. The van der Waals surface area contributed by atoms with Crippen LogP contribution in [0.2, 0.25) is 0 Å². The molecule has 1 heterocycles. The number of carbonyl (C=O) groups excluding carboxylic acids is 1. The minimum atomic E-state index is -0.896. The maximum Gasteiger partial charge on any atom is 0.307 e. The van der Waals surface area contributed by atoms with Crippen molar-refractivity contribution in [3.8, 4) is 0 Å². The number of aryl methyl sites for hydroxylation is 1. The van der Waals surface area contributed by atoms with E-state index in [0.717, 1.165) is 17.0 Å². The van der Waals surface area contributed by atoms with Gasteiger partial charge in [0, 0.05) is 23.0 Å². The molecule has 106 valence electrons. The van der Waals surface area contributed by atoms with Gasteiger partial charge in [-0.2, -0.15) is 0 Å². The van der Waals surface area contributed by atoms with Crippen LogP contribution in [0.4, 0.5) is 0 Å².